The normalized spacial score (nSPS) is 16.4. The number of carboxylic acid groups (broad SMARTS) is 1. The van der Waals surface area contributed by atoms with E-state index in [9.17, 15) is 19.5 Å². The fourth-order valence-electron chi connectivity index (χ4n) is 6.23. The molecule has 3 atom stereocenters. The number of aliphatic carboxylic acids is 1. The first-order valence-electron chi connectivity index (χ1n) is 18.1. The maximum Gasteiger partial charge on any atom is 0.306 e. The van der Waals surface area contributed by atoms with Crippen molar-refractivity contribution in [3.63, 3.8) is 0 Å². The number of nitrogens with one attached hydrogen (secondary N) is 2. The highest BCUT2D eigenvalue weighted by Gasteiger charge is 2.33. The van der Waals surface area contributed by atoms with E-state index in [0.29, 0.717) is 30.0 Å². The molecule has 0 aliphatic heterocycles. The van der Waals surface area contributed by atoms with Gasteiger partial charge in [0.05, 0.1) is 17.4 Å². The third-order valence-electron chi connectivity index (χ3n) is 9.33. The molecule has 2 unspecified atom stereocenters. The van der Waals surface area contributed by atoms with Crippen LogP contribution in [-0.4, -0.2) is 51.5 Å². The predicted molar refractivity (Wildman–Crippen MR) is 202 cm³/mol. The highest BCUT2D eigenvalue weighted by molar-refractivity contribution is 7.14. The second kappa shape index (κ2) is 17.6. The molecule has 1 aliphatic carbocycles. The average Bonchev–Trinajstić information content (AvgIpc) is 3.82. The highest BCUT2D eigenvalue weighted by Crippen LogP contribution is 2.30. The summed E-state index contributed by atoms with van der Waals surface area (Å²) in [6, 6.07) is 18.3. The molecule has 0 bridgehead atoms. The van der Waals surface area contributed by atoms with E-state index >= 15 is 0 Å². The molecule has 1 aliphatic rings. The van der Waals surface area contributed by atoms with Crippen LogP contribution in [0.25, 0.3) is 22.5 Å². The summed E-state index contributed by atoms with van der Waals surface area (Å²) in [7, 11) is 0. The highest BCUT2D eigenvalue weighted by atomic mass is 32.1. The average molecular weight is 711 g/mol. The quantitative estimate of drug-likeness (QED) is 0.0999. The Balaban J connectivity index is 1.22. The SMILES string of the molecule is CCCCCCCOc1ccc(-c2cnc(-c3ccc(C[C@H](NC(=O)c4ccc(C(C)(C)C)s4)C(=O)NC4CCC(C(=O)O)C4)cc3)nc2)cc1. The zero-order valence-corrected chi connectivity index (χ0v) is 30.9. The van der Waals surface area contributed by atoms with Gasteiger partial charge in [0.25, 0.3) is 5.91 Å². The number of nitrogens with zero attached hydrogens (tertiary/aromatic N) is 2. The van der Waals surface area contributed by atoms with Crippen LogP contribution in [-0.2, 0) is 21.4 Å². The van der Waals surface area contributed by atoms with Gasteiger partial charge in [-0.2, -0.15) is 0 Å². The number of carbonyl (C=O) groups is 3. The summed E-state index contributed by atoms with van der Waals surface area (Å²) in [4.78, 5) is 49.2. The molecular weight excluding hydrogens is 661 g/mol. The Kier molecular flexibility index (Phi) is 13.0. The Labute approximate surface area is 305 Å². The third kappa shape index (κ3) is 10.7. The van der Waals surface area contributed by atoms with E-state index in [-0.39, 0.29) is 29.7 Å². The minimum atomic E-state index is -0.842. The number of amides is 2. The Hall–Kier alpha value is -4.57. The van der Waals surface area contributed by atoms with Gasteiger partial charge in [-0.15, -0.1) is 11.3 Å². The third-order valence-corrected chi connectivity index (χ3v) is 10.8. The first-order valence-corrected chi connectivity index (χ1v) is 18.9. The van der Waals surface area contributed by atoms with Gasteiger partial charge in [0.2, 0.25) is 5.91 Å². The van der Waals surface area contributed by atoms with E-state index in [0.717, 1.165) is 45.9 Å². The zero-order chi connectivity index (χ0) is 36.4. The molecule has 2 amide bonds. The smallest absolute Gasteiger partial charge is 0.306 e. The van der Waals surface area contributed by atoms with Crippen LogP contribution in [0.4, 0.5) is 0 Å². The summed E-state index contributed by atoms with van der Waals surface area (Å²) in [6.07, 6.45) is 11.4. The predicted octanol–water partition coefficient (Wildman–Crippen LogP) is 8.23. The largest absolute Gasteiger partial charge is 0.494 e. The fourth-order valence-corrected chi connectivity index (χ4v) is 7.20. The molecule has 51 heavy (non-hydrogen) atoms. The number of carbonyl (C=O) groups excluding carboxylic acids is 2. The van der Waals surface area contributed by atoms with Crippen LogP contribution in [0.2, 0.25) is 0 Å². The number of hydrogen-bond donors (Lipinski definition) is 3. The molecule has 2 aromatic carbocycles. The standard InChI is InChI=1S/C41H50N4O5S/c1-5-6-7-8-9-22-50-33-18-15-28(16-19-33)31-25-42-37(43-26-31)29-12-10-27(11-13-29)23-34(38(46)44-32-17-14-30(24-32)40(48)49)45-39(47)35-20-21-36(51-35)41(2,3)4/h10-13,15-16,18-21,25-26,30,32,34H,5-9,14,17,22-24H2,1-4H3,(H,44,46)(H,45,47)(H,48,49)/t30?,32?,34-/m0/s1. The van der Waals surface area contributed by atoms with Gasteiger partial charge >= 0.3 is 5.97 Å². The fraction of sp³-hybridized carbons (Fsp3) is 0.439. The van der Waals surface area contributed by atoms with Crippen molar-refractivity contribution in [2.75, 3.05) is 6.61 Å². The van der Waals surface area contributed by atoms with Crippen molar-refractivity contribution in [2.45, 2.75) is 103 Å². The van der Waals surface area contributed by atoms with Crippen LogP contribution in [0.15, 0.2) is 73.1 Å². The van der Waals surface area contributed by atoms with Gasteiger partial charge in [-0.1, -0.05) is 89.8 Å². The minimum absolute atomic E-state index is 0.0946. The molecule has 3 N–H and O–H groups in total. The van der Waals surface area contributed by atoms with Gasteiger partial charge in [0.15, 0.2) is 5.82 Å². The lowest BCUT2D eigenvalue weighted by Crippen LogP contribution is -2.50. The number of benzene rings is 2. The van der Waals surface area contributed by atoms with Crippen molar-refractivity contribution < 1.29 is 24.2 Å². The van der Waals surface area contributed by atoms with E-state index in [1.165, 1.54) is 37.0 Å². The molecule has 5 rings (SSSR count). The molecule has 0 spiro atoms. The monoisotopic (exact) mass is 710 g/mol. The van der Waals surface area contributed by atoms with Crippen LogP contribution in [0.5, 0.6) is 5.75 Å². The van der Waals surface area contributed by atoms with E-state index in [1.54, 1.807) is 6.07 Å². The summed E-state index contributed by atoms with van der Waals surface area (Å²) >= 11 is 1.42. The van der Waals surface area contributed by atoms with Crippen LogP contribution in [0.3, 0.4) is 0 Å². The van der Waals surface area contributed by atoms with Gasteiger partial charge in [0, 0.05) is 40.9 Å². The summed E-state index contributed by atoms with van der Waals surface area (Å²) in [6.45, 7) is 9.23. The zero-order valence-electron chi connectivity index (χ0n) is 30.1. The van der Waals surface area contributed by atoms with Crippen molar-refractivity contribution in [1.29, 1.82) is 0 Å². The van der Waals surface area contributed by atoms with E-state index < -0.39 is 17.9 Å². The topological polar surface area (TPSA) is 131 Å². The molecule has 1 fully saturated rings. The Morgan fingerprint density at radius 1 is 0.882 bits per heavy atom. The molecule has 270 valence electrons. The second-order valence-corrected chi connectivity index (χ2v) is 15.6. The molecule has 2 heterocycles. The van der Waals surface area contributed by atoms with Gasteiger partial charge in [-0.25, -0.2) is 9.97 Å². The number of carboxylic acids is 1. The molecule has 10 heteroatoms. The summed E-state index contributed by atoms with van der Waals surface area (Å²) < 4.78 is 5.90. The lowest BCUT2D eigenvalue weighted by atomic mass is 9.95. The molecule has 0 saturated heterocycles. The second-order valence-electron chi connectivity index (χ2n) is 14.5. The molecular formula is C41H50N4O5S. The summed E-state index contributed by atoms with van der Waals surface area (Å²) in [5.41, 5.74) is 3.51. The van der Waals surface area contributed by atoms with Gasteiger partial charge in [0.1, 0.15) is 11.8 Å². The Bertz CT molecular complexity index is 1750. The first-order chi connectivity index (χ1) is 24.5. The molecule has 1 saturated carbocycles. The molecule has 2 aromatic heterocycles. The number of hydrogen-bond acceptors (Lipinski definition) is 7. The molecule has 4 aromatic rings. The van der Waals surface area contributed by atoms with E-state index in [4.69, 9.17) is 4.74 Å². The van der Waals surface area contributed by atoms with Crippen LogP contribution >= 0.6 is 11.3 Å². The van der Waals surface area contributed by atoms with Crippen molar-refractivity contribution in [1.82, 2.24) is 20.6 Å². The lowest BCUT2D eigenvalue weighted by molar-refractivity contribution is -0.141. The molecule has 0 radical (unpaired) electrons. The van der Waals surface area contributed by atoms with Crippen molar-refractivity contribution in [2.24, 2.45) is 5.92 Å². The van der Waals surface area contributed by atoms with Crippen LogP contribution in [0.1, 0.15) is 99.2 Å². The van der Waals surface area contributed by atoms with Crippen molar-refractivity contribution in [3.8, 4) is 28.3 Å². The minimum Gasteiger partial charge on any atom is -0.494 e. The summed E-state index contributed by atoms with van der Waals surface area (Å²) in [5.74, 6) is -0.503. The van der Waals surface area contributed by atoms with E-state index in [2.05, 4.69) is 48.3 Å². The van der Waals surface area contributed by atoms with E-state index in [1.807, 2.05) is 67.0 Å². The number of rotatable bonds is 16. The van der Waals surface area contributed by atoms with Crippen LogP contribution in [0, 0.1) is 5.92 Å². The number of ether oxygens (including phenoxy) is 1. The van der Waals surface area contributed by atoms with Gasteiger partial charge in [-0.05, 0) is 66.5 Å². The van der Waals surface area contributed by atoms with Gasteiger partial charge in [-0.3, -0.25) is 14.4 Å². The van der Waals surface area contributed by atoms with Crippen LogP contribution < -0.4 is 15.4 Å². The number of aromatic nitrogens is 2. The first kappa shape index (κ1) is 37.7. The summed E-state index contributed by atoms with van der Waals surface area (Å²) in [5, 5.41) is 15.4. The Morgan fingerprint density at radius 2 is 1.57 bits per heavy atom. The lowest BCUT2D eigenvalue weighted by Gasteiger charge is -2.21. The molecule has 9 nitrogen and oxygen atoms in total. The van der Waals surface area contributed by atoms with Crippen molar-refractivity contribution in [3.05, 3.63) is 88.4 Å². The maximum atomic E-state index is 13.6. The van der Waals surface area contributed by atoms with Gasteiger partial charge < -0.3 is 20.5 Å². The maximum absolute atomic E-state index is 13.6. The number of unbranched alkanes of at least 4 members (excludes halogenated alkanes) is 4. The number of thiophene rings is 1. The Morgan fingerprint density at radius 3 is 2.20 bits per heavy atom. The van der Waals surface area contributed by atoms with Crippen molar-refractivity contribution >= 4 is 29.1 Å².